The number of nitrogen functional groups attached to an aromatic ring is 2. The summed E-state index contributed by atoms with van der Waals surface area (Å²) in [6, 6.07) is 3.75. The van der Waals surface area contributed by atoms with E-state index in [0.29, 0.717) is 11.4 Å². The fourth-order valence-electron chi connectivity index (χ4n) is 2.92. The topological polar surface area (TPSA) is 128 Å². The molecule has 0 unspecified atom stereocenters. The maximum absolute atomic E-state index is 13.4. The normalized spacial score (nSPS) is 16.5. The molecule has 24 heavy (non-hydrogen) atoms. The molecule has 8 heteroatoms. The first-order chi connectivity index (χ1) is 11.5. The fourth-order valence-corrected chi connectivity index (χ4v) is 2.92. The molecule has 0 aliphatic carbocycles. The lowest BCUT2D eigenvalue weighted by molar-refractivity contribution is 0.342. The first-order valence-corrected chi connectivity index (χ1v) is 7.77. The average molecular weight is 332 g/mol. The van der Waals surface area contributed by atoms with Crippen LogP contribution in [-0.2, 0) is 0 Å². The summed E-state index contributed by atoms with van der Waals surface area (Å²) in [6.07, 6.45) is 3.37. The largest absolute Gasteiger partial charge is 0.507 e. The number of hydrogen-bond donors (Lipinski definition) is 5. The minimum absolute atomic E-state index is 0.107. The van der Waals surface area contributed by atoms with E-state index in [1.54, 1.807) is 10.8 Å². The molecule has 1 aromatic carbocycles. The van der Waals surface area contributed by atoms with Gasteiger partial charge in [-0.1, -0.05) is 0 Å². The highest BCUT2D eigenvalue weighted by Gasteiger charge is 2.22. The van der Waals surface area contributed by atoms with Crippen LogP contribution in [0.15, 0.2) is 18.2 Å². The molecular formula is C16H21FN6O. The monoisotopic (exact) mass is 332 g/mol. The maximum atomic E-state index is 13.4. The third-order valence-corrected chi connectivity index (χ3v) is 4.23. The van der Waals surface area contributed by atoms with Crippen LogP contribution in [0.4, 0.5) is 15.9 Å². The van der Waals surface area contributed by atoms with Gasteiger partial charge >= 0.3 is 0 Å². The fraction of sp³-hybridized carbons (Fsp3) is 0.312. The molecule has 7 nitrogen and oxygen atoms in total. The van der Waals surface area contributed by atoms with E-state index in [0.717, 1.165) is 32.0 Å². The Morgan fingerprint density at radius 3 is 2.75 bits per heavy atom. The smallest absolute Gasteiger partial charge is 0.169 e. The zero-order chi connectivity index (χ0) is 17.3. The SMILES string of the molecule is N/C(=C\c1c(N)c(N)nn1C1CCNCC1)c1cc(F)ccc1O. The first kappa shape index (κ1) is 16.1. The van der Waals surface area contributed by atoms with E-state index < -0.39 is 5.82 Å². The highest BCUT2D eigenvalue weighted by molar-refractivity contribution is 5.86. The second kappa shape index (κ2) is 6.40. The molecule has 1 aliphatic heterocycles. The molecule has 8 N–H and O–H groups in total. The minimum atomic E-state index is -0.488. The molecular weight excluding hydrogens is 311 g/mol. The Kier molecular flexibility index (Phi) is 4.30. The van der Waals surface area contributed by atoms with Gasteiger partial charge in [-0.2, -0.15) is 5.10 Å². The van der Waals surface area contributed by atoms with Crippen LogP contribution in [0.3, 0.4) is 0 Å². The zero-order valence-corrected chi connectivity index (χ0v) is 13.2. The molecule has 0 bridgehead atoms. The van der Waals surface area contributed by atoms with Crippen molar-refractivity contribution in [3.05, 3.63) is 35.3 Å². The van der Waals surface area contributed by atoms with Gasteiger partial charge in [-0.05, 0) is 50.2 Å². The summed E-state index contributed by atoms with van der Waals surface area (Å²) in [7, 11) is 0. The number of rotatable bonds is 3. The molecule has 1 aliphatic rings. The van der Waals surface area contributed by atoms with Gasteiger partial charge in [0.25, 0.3) is 0 Å². The lowest BCUT2D eigenvalue weighted by Gasteiger charge is -2.24. The maximum Gasteiger partial charge on any atom is 0.169 e. The summed E-state index contributed by atoms with van der Waals surface area (Å²) >= 11 is 0. The van der Waals surface area contributed by atoms with Crippen molar-refractivity contribution in [2.45, 2.75) is 18.9 Å². The lowest BCUT2D eigenvalue weighted by atomic mass is 10.1. The van der Waals surface area contributed by atoms with E-state index >= 15 is 0 Å². The van der Waals surface area contributed by atoms with Crippen LogP contribution in [0.1, 0.15) is 30.1 Å². The van der Waals surface area contributed by atoms with Crippen LogP contribution in [-0.4, -0.2) is 28.0 Å². The van der Waals surface area contributed by atoms with E-state index in [1.807, 2.05) is 0 Å². The third-order valence-electron chi connectivity index (χ3n) is 4.23. The van der Waals surface area contributed by atoms with Crippen molar-refractivity contribution in [1.29, 1.82) is 0 Å². The van der Waals surface area contributed by atoms with Crippen LogP contribution in [0.2, 0.25) is 0 Å². The molecule has 2 heterocycles. The number of benzene rings is 1. The van der Waals surface area contributed by atoms with Crippen molar-refractivity contribution in [2.24, 2.45) is 5.73 Å². The van der Waals surface area contributed by atoms with E-state index in [9.17, 15) is 9.50 Å². The second-order valence-corrected chi connectivity index (χ2v) is 5.87. The zero-order valence-electron chi connectivity index (χ0n) is 13.2. The molecule has 128 valence electrons. The number of anilines is 2. The molecule has 1 saturated heterocycles. The molecule has 0 radical (unpaired) electrons. The number of aromatic hydroxyl groups is 1. The highest BCUT2D eigenvalue weighted by Crippen LogP contribution is 2.31. The number of hydrogen-bond acceptors (Lipinski definition) is 6. The summed E-state index contributed by atoms with van der Waals surface area (Å²) in [5.74, 6) is -0.362. The predicted molar refractivity (Wildman–Crippen MR) is 92.3 cm³/mol. The summed E-state index contributed by atoms with van der Waals surface area (Å²) in [5, 5.41) is 17.5. The number of nitrogens with zero attached hydrogens (tertiary/aromatic N) is 2. The van der Waals surface area contributed by atoms with Crippen molar-refractivity contribution in [3.63, 3.8) is 0 Å². The Morgan fingerprint density at radius 2 is 2.04 bits per heavy atom. The summed E-state index contributed by atoms with van der Waals surface area (Å²) < 4.78 is 15.2. The highest BCUT2D eigenvalue weighted by atomic mass is 19.1. The Balaban J connectivity index is 2.03. The van der Waals surface area contributed by atoms with E-state index in [-0.39, 0.29) is 28.9 Å². The molecule has 0 spiro atoms. The Hall–Kier alpha value is -2.74. The van der Waals surface area contributed by atoms with Crippen molar-refractivity contribution in [1.82, 2.24) is 15.1 Å². The van der Waals surface area contributed by atoms with Gasteiger partial charge in [0.15, 0.2) is 5.82 Å². The molecule has 0 amide bonds. The van der Waals surface area contributed by atoms with Gasteiger partial charge in [0.2, 0.25) is 0 Å². The van der Waals surface area contributed by atoms with Crippen molar-refractivity contribution in [2.75, 3.05) is 24.6 Å². The average Bonchev–Trinajstić information content (AvgIpc) is 2.86. The van der Waals surface area contributed by atoms with E-state index in [1.165, 1.54) is 12.1 Å². The molecule has 1 aromatic heterocycles. The predicted octanol–water partition coefficient (Wildman–Crippen LogP) is 1.27. The quantitative estimate of drug-likeness (QED) is 0.576. The number of aromatic nitrogens is 2. The summed E-state index contributed by atoms with van der Waals surface area (Å²) in [6.45, 7) is 1.77. The number of phenolic OH excluding ortho intramolecular Hbond substituents is 1. The van der Waals surface area contributed by atoms with Crippen molar-refractivity contribution in [3.8, 4) is 5.75 Å². The van der Waals surface area contributed by atoms with Gasteiger partial charge in [-0.3, -0.25) is 4.68 Å². The van der Waals surface area contributed by atoms with Crippen LogP contribution in [0.5, 0.6) is 5.75 Å². The molecule has 2 aromatic rings. The van der Waals surface area contributed by atoms with Crippen LogP contribution in [0.25, 0.3) is 11.8 Å². The standard InChI is InChI=1S/C16H21FN6O/c17-9-1-2-14(24)11(7-9)12(18)8-13-15(19)16(20)22-23(13)10-3-5-21-6-4-10/h1-2,7-8,10,21,24H,3-6,18-19H2,(H2,20,22)/b12-8-. The Labute approximate surface area is 138 Å². The lowest BCUT2D eigenvalue weighted by Crippen LogP contribution is -2.30. The Morgan fingerprint density at radius 1 is 1.33 bits per heavy atom. The molecule has 0 saturated carbocycles. The first-order valence-electron chi connectivity index (χ1n) is 7.77. The van der Waals surface area contributed by atoms with Crippen molar-refractivity contribution < 1.29 is 9.50 Å². The number of piperidine rings is 1. The third kappa shape index (κ3) is 3.00. The van der Waals surface area contributed by atoms with E-state index in [4.69, 9.17) is 17.2 Å². The van der Waals surface area contributed by atoms with Crippen molar-refractivity contribution >= 4 is 23.3 Å². The molecule has 1 fully saturated rings. The van der Waals surface area contributed by atoms with Gasteiger partial charge in [-0.25, -0.2) is 4.39 Å². The second-order valence-electron chi connectivity index (χ2n) is 5.87. The van der Waals surface area contributed by atoms with Crippen LogP contribution in [0, 0.1) is 5.82 Å². The van der Waals surface area contributed by atoms with Crippen LogP contribution < -0.4 is 22.5 Å². The van der Waals surface area contributed by atoms with Gasteiger partial charge < -0.3 is 27.6 Å². The number of nitrogens with one attached hydrogen (secondary N) is 1. The number of halogens is 1. The minimum Gasteiger partial charge on any atom is -0.507 e. The molecule has 3 rings (SSSR count). The Bertz CT molecular complexity index is 779. The van der Waals surface area contributed by atoms with Gasteiger partial charge in [0, 0.05) is 11.3 Å². The summed E-state index contributed by atoms with van der Waals surface area (Å²) in [5.41, 5.74) is 19.3. The number of phenols is 1. The van der Waals surface area contributed by atoms with E-state index in [2.05, 4.69) is 10.4 Å². The summed E-state index contributed by atoms with van der Waals surface area (Å²) in [4.78, 5) is 0. The van der Waals surface area contributed by atoms with Gasteiger partial charge in [-0.15, -0.1) is 0 Å². The van der Waals surface area contributed by atoms with Gasteiger partial charge in [0.05, 0.1) is 11.7 Å². The van der Waals surface area contributed by atoms with Crippen LogP contribution >= 0.6 is 0 Å². The number of nitrogens with two attached hydrogens (primary N) is 3. The van der Waals surface area contributed by atoms with Gasteiger partial charge in [0.1, 0.15) is 17.3 Å². The molecule has 0 atom stereocenters.